The Morgan fingerprint density at radius 2 is 2.05 bits per heavy atom. The number of benzene rings is 1. The average molecular weight is 291 g/mol. The summed E-state index contributed by atoms with van der Waals surface area (Å²) in [4.78, 5) is 23.7. The molecule has 1 aromatic rings. The molecule has 21 heavy (non-hydrogen) atoms. The molecule has 6 heteroatoms. The lowest BCUT2D eigenvalue weighted by atomic mass is 9.86. The van der Waals surface area contributed by atoms with Crippen molar-refractivity contribution in [1.82, 2.24) is 0 Å². The number of carbonyl (C=O) groups excluding carboxylic acids is 2. The standard InChI is InChI=1S/C15H17NO5/c1-9(21-15(18)10-3-2-4-10)14(17)16-11-5-6-12-13(7-11)20-8-19-12/h5-7,9-10H,2-4,8H2,1H3,(H,16,17). The summed E-state index contributed by atoms with van der Waals surface area (Å²) in [7, 11) is 0. The van der Waals surface area contributed by atoms with Gasteiger partial charge in [-0.05, 0) is 31.9 Å². The molecule has 112 valence electrons. The van der Waals surface area contributed by atoms with E-state index in [1.54, 1.807) is 25.1 Å². The van der Waals surface area contributed by atoms with E-state index in [4.69, 9.17) is 14.2 Å². The highest BCUT2D eigenvalue weighted by atomic mass is 16.7. The van der Waals surface area contributed by atoms with Crippen LogP contribution in [0.5, 0.6) is 11.5 Å². The fourth-order valence-electron chi connectivity index (χ4n) is 2.19. The third-order valence-electron chi connectivity index (χ3n) is 3.74. The Labute approximate surface area is 122 Å². The number of carbonyl (C=O) groups is 2. The topological polar surface area (TPSA) is 73.9 Å². The maximum atomic E-state index is 12.0. The largest absolute Gasteiger partial charge is 0.454 e. The van der Waals surface area contributed by atoms with Crippen LogP contribution >= 0.6 is 0 Å². The van der Waals surface area contributed by atoms with Gasteiger partial charge < -0.3 is 19.5 Å². The predicted octanol–water partition coefficient (Wildman–Crippen LogP) is 2.09. The molecule has 0 saturated heterocycles. The zero-order valence-corrected chi connectivity index (χ0v) is 11.8. The summed E-state index contributed by atoms with van der Waals surface area (Å²) in [5, 5.41) is 2.70. The first kappa shape index (κ1) is 13.7. The molecule has 1 aliphatic carbocycles. The lowest BCUT2D eigenvalue weighted by molar-refractivity contribution is -0.159. The molecule has 1 fully saturated rings. The quantitative estimate of drug-likeness (QED) is 0.860. The van der Waals surface area contributed by atoms with Gasteiger partial charge in [-0.25, -0.2) is 0 Å². The second-order valence-electron chi connectivity index (χ2n) is 5.26. The van der Waals surface area contributed by atoms with Crippen LogP contribution in [0.2, 0.25) is 0 Å². The molecule has 3 rings (SSSR count). The van der Waals surface area contributed by atoms with E-state index < -0.39 is 6.10 Å². The Bertz CT molecular complexity index is 567. The fraction of sp³-hybridized carbons (Fsp3) is 0.467. The number of anilines is 1. The number of fused-ring (bicyclic) bond motifs is 1. The van der Waals surface area contributed by atoms with Crippen molar-refractivity contribution in [3.63, 3.8) is 0 Å². The van der Waals surface area contributed by atoms with Crippen molar-refractivity contribution < 1.29 is 23.8 Å². The normalized spacial score (nSPS) is 17.8. The monoisotopic (exact) mass is 291 g/mol. The van der Waals surface area contributed by atoms with E-state index in [9.17, 15) is 9.59 Å². The zero-order chi connectivity index (χ0) is 14.8. The summed E-state index contributed by atoms with van der Waals surface area (Å²) in [6.45, 7) is 1.75. The highest BCUT2D eigenvalue weighted by Crippen LogP contribution is 2.34. The highest BCUT2D eigenvalue weighted by molar-refractivity contribution is 5.95. The van der Waals surface area contributed by atoms with Crippen LogP contribution in [0.25, 0.3) is 0 Å². The molecular weight excluding hydrogens is 274 g/mol. The number of rotatable bonds is 4. The smallest absolute Gasteiger partial charge is 0.309 e. The van der Waals surface area contributed by atoms with Gasteiger partial charge in [-0.1, -0.05) is 6.42 Å². The van der Waals surface area contributed by atoms with Crippen molar-refractivity contribution in [3.05, 3.63) is 18.2 Å². The third kappa shape index (κ3) is 2.94. The molecule has 1 heterocycles. The highest BCUT2D eigenvalue weighted by Gasteiger charge is 2.29. The van der Waals surface area contributed by atoms with Crippen LogP contribution in [0.1, 0.15) is 26.2 Å². The Morgan fingerprint density at radius 1 is 1.29 bits per heavy atom. The summed E-state index contributed by atoms with van der Waals surface area (Å²) in [5.41, 5.74) is 0.579. The van der Waals surface area contributed by atoms with Crippen LogP contribution in [0.3, 0.4) is 0 Å². The van der Waals surface area contributed by atoms with Gasteiger partial charge in [0, 0.05) is 11.8 Å². The van der Waals surface area contributed by atoms with Gasteiger partial charge in [-0.2, -0.15) is 0 Å². The van der Waals surface area contributed by atoms with Crippen molar-refractivity contribution in [1.29, 1.82) is 0 Å². The van der Waals surface area contributed by atoms with Crippen LogP contribution < -0.4 is 14.8 Å². The summed E-state index contributed by atoms with van der Waals surface area (Å²) in [6, 6.07) is 5.12. The SMILES string of the molecule is CC(OC(=O)C1CCC1)C(=O)Nc1ccc2c(c1)OCO2. The Hall–Kier alpha value is -2.24. The van der Waals surface area contributed by atoms with Crippen LogP contribution in [0, 0.1) is 5.92 Å². The van der Waals surface area contributed by atoms with Crippen molar-refractivity contribution in [2.24, 2.45) is 5.92 Å². The van der Waals surface area contributed by atoms with Gasteiger partial charge in [0.1, 0.15) is 0 Å². The molecule has 0 bridgehead atoms. The van der Waals surface area contributed by atoms with E-state index in [1.165, 1.54) is 0 Å². The van der Waals surface area contributed by atoms with Gasteiger partial charge in [-0.3, -0.25) is 9.59 Å². The molecule has 1 atom stereocenters. The molecule has 1 N–H and O–H groups in total. The van der Waals surface area contributed by atoms with Crippen LogP contribution in [0.15, 0.2) is 18.2 Å². The van der Waals surface area contributed by atoms with E-state index >= 15 is 0 Å². The predicted molar refractivity (Wildman–Crippen MR) is 74.1 cm³/mol. The Kier molecular flexibility index (Phi) is 3.68. The maximum Gasteiger partial charge on any atom is 0.309 e. The molecule has 6 nitrogen and oxygen atoms in total. The lowest BCUT2D eigenvalue weighted by Crippen LogP contribution is -2.34. The van der Waals surface area contributed by atoms with Gasteiger partial charge in [-0.15, -0.1) is 0 Å². The summed E-state index contributed by atoms with van der Waals surface area (Å²) < 4.78 is 15.6. The van der Waals surface area contributed by atoms with Crippen LogP contribution in [-0.2, 0) is 14.3 Å². The molecule has 1 aliphatic heterocycles. The Morgan fingerprint density at radius 3 is 2.76 bits per heavy atom. The molecule has 1 saturated carbocycles. The number of hydrogen-bond acceptors (Lipinski definition) is 5. The van der Waals surface area contributed by atoms with Crippen molar-refractivity contribution in [3.8, 4) is 11.5 Å². The summed E-state index contributed by atoms with van der Waals surface area (Å²) >= 11 is 0. The molecule has 0 spiro atoms. The number of esters is 1. The van der Waals surface area contributed by atoms with E-state index in [0.717, 1.165) is 19.3 Å². The first-order valence-corrected chi connectivity index (χ1v) is 7.04. The second kappa shape index (κ2) is 5.63. The molecular formula is C15H17NO5. The van der Waals surface area contributed by atoms with Crippen molar-refractivity contribution in [2.45, 2.75) is 32.3 Å². The summed E-state index contributed by atoms with van der Waals surface area (Å²) in [6.07, 6.45) is 1.95. The molecule has 2 aliphatic rings. The first-order chi connectivity index (χ1) is 10.1. The average Bonchev–Trinajstić information content (AvgIpc) is 2.83. The number of ether oxygens (including phenoxy) is 3. The molecule has 1 amide bonds. The Balaban J connectivity index is 1.56. The molecule has 1 aromatic carbocycles. The van der Waals surface area contributed by atoms with Crippen molar-refractivity contribution >= 4 is 17.6 Å². The molecule has 0 aromatic heterocycles. The minimum Gasteiger partial charge on any atom is -0.454 e. The van der Waals surface area contributed by atoms with E-state index in [1.807, 2.05) is 0 Å². The minimum absolute atomic E-state index is 0.0363. The first-order valence-electron chi connectivity index (χ1n) is 7.04. The van der Waals surface area contributed by atoms with E-state index in [-0.39, 0.29) is 24.6 Å². The van der Waals surface area contributed by atoms with Crippen LogP contribution in [0.4, 0.5) is 5.69 Å². The number of hydrogen-bond donors (Lipinski definition) is 1. The van der Waals surface area contributed by atoms with Crippen LogP contribution in [-0.4, -0.2) is 24.8 Å². The molecule has 1 unspecified atom stereocenters. The minimum atomic E-state index is -0.816. The fourth-order valence-corrected chi connectivity index (χ4v) is 2.19. The van der Waals surface area contributed by atoms with E-state index in [0.29, 0.717) is 17.2 Å². The van der Waals surface area contributed by atoms with E-state index in [2.05, 4.69) is 5.32 Å². The summed E-state index contributed by atoms with van der Waals surface area (Å²) in [5.74, 6) is 0.561. The maximum absolute atomic E-state index is 12.0. The van der Waals surface area contributed by atoms with Gasteiger partial charge in [0.05, 0.1) is 5.92 Å². The zero-order valence-electron chi connectivity index (χ0n) is 11.8. The lowest BCUT2D eigenvalue weighted by Gasteiger charge is -2.24. The van der Waals surface area contributed by atoms with Gasteiger partial charge in [0.2, 0.25) is 6.79 Å². The third-order valence-corrected chi connectivity index (χ3v) is 3.74. The van der Waals surface area contributed by atoms with Gasteiger partial charge in [0.15, 0.2) is 17.6 Å². The molecule has 0 radical (unpaired) electrons. The number of nitrogens with one attached hydrogen (secondary N) is 1. The van der Waals surface area contributed by atoms with Gasteiger partial charge >= 0.3 is 5.97 Å². The van der Waals surface area contributed by atoms with Gasteiger partial charge in [0.25, 0.3) is 5.91 Å². The van der Waals surface area contributed by atoms with Crippen molar-refractivity contribution in [2.75, 3.05) is 12.1 Å². The second-order valence-corrected chi connectivity index (χ2v) is 5.26. The number of amides is 1.